The average molecular weight is 394 g/mol. The Hall–Kier alpha value is -2.64. The van der Waals surface area contributed by atoms with Gasteiger partial charge in [-0.3, -0.25) is 0 Å². The van der Waals surface area contributed by atoms with Crippen LogP contribution in [0.5, 0.6) is 0 Å². The Kier molecular flexibility index (Phi) is 5.31. The molecule has 0 unspecified atom stereocenters. The Morgan fingerprint density at radius 2 is 1.77 bits per heavy atom. The number of nitrogens with one attached hydrogen (secondary N) is 1. The Morgan fingerprint density at radius 1 is 0.900 bits per heavy atom. The van der Waals surface area contributed by atoms with Gasteiger partial charge in [-0.25, -0.2) is 0 Å². The molecule has 0 bridgehead atoms. The summed E-state index contributed by atoms with van der Waals surface area (Å²) >= 11 is 0. The van der Waals surface area contributed by atoms with Crippen molar-refractivity contribution in [3.63, 3.8) is 0 Å². The largest absolute Gasteiger partial charge is 0.310 e. The highest BCUT2D eigenvalue weighted by Crippen LogP contribution is 2.41. The van der Waals surface area contributed by atoms with Gasteiger partial charge < -0.3 is 5.32 Å². The van der Waals surface area contributed by atoms with Crippen LogP contribution in [0.15, 0.2) is 72.3 Å². The first kappa shape index (κ1) is 19.3. The molecule has 2 aliphatic carbocycles. The van der Waals surface area contributed by atoms with Gasteiger partial charge >= 0.3 is 0 Å². The van der Waals surface area contributed by atoms with E-state index < -0.39 is 0 Å². The number of rotatable bonds is 5. The predicted octanol–water partition coefficient (Wildman–Crippen LogP) is 6.98. The monoisotopic (exact) mass is 393 g/mol. The lowest BCUT2D eigenvalue weighted by Gasteiger charge is -2.26. The summed E-state index contributed by atoms with van der Waals surface area (Å²) in [6, 6.07) is 21.1. The number of aryl methyl sites for hydroxylation is 1. The van der Waals surface area contributed by atoms with Crippen molar-refractivity contribution in [2.45, 2.75) is 58.5 Å². The van der Waals surface area contributed by atoms with Gasteiger partial charge in [-0.1, -0.05) is 86.2 Å². The van der Waals surface area contributed by atoms with E-state index in [1.54, 1.807) is 11.1 Å². The number of hydrogen-bond donors (Lipinski definition) is 1. The highest BCUT2D eigenvalue weighted by molar-refractivity contribution is 5.96. The molecule has 0 heterocycles. The summed E-state index contributed by atoms with van der Waals surface area (Å²) < 4.78 is 0. The number of benzene rings is 3. The van der Waals surface area contributed by atoms with Crippen molar-refractivity contribution in [3.05, 3.63) is 100 Å². The van der Waals surface area contributed by atoms with Crippen molar-refractivity contribution >= 4 is 16.3 Å². The first-order valence-corrected chi connectivity index (χ1v) is 11.4. The van der Waals surface area contributed by atoms with Gasteiger partial charge in [0.25, 0.3) is 0 Å². The lowest BCUT2D eigenvalue weighted by Crippen LogP contribution is -2.21. The Bertz CT molecular complexity index is 1150. The first-order chi connectivity index (χ1) is 14.7. The summed E-state index contributed by atoms with van der Waals surface area (Å²) in [5, 5.41) is 6.41. The molecular weight excluding hydrogens is 362 g/mol. The molecule has 0 radical (unpaired) electrons. The zero-order chi connectivity index (χ0) is 20.5. The van der Waals surface area contributed by atoms with Gasteiger partial charge in [-0.15, -0.1) is 0 Å². The van der Waals surface area contributed by atoms with Crippen LogP contribution in [-0.2, 0) is 19.4 Å². The van der Waals surface area contributed by atoms with Crippen molar-refractivity contribution in [1.82, 2.24) is 5.32 Å². The quantitative estimate of drug-likeness (QED) is 0.493. The van der Waals surface area contributed by atoms with E-state index in [2.05, 4.69) is 85.9 Å². The van der Waals surface area contributed by atoms with E-state index in [9.17, 15) is 0 Å². The molecule has 2 aliphatic rings. The minimum absolute atomic E-state index is 0.506. The second-order valence-corrected chi connectivity index (χ2v) is 9.10. The number of allylic oxidation sites excluding steroid dienone is 4. The molecule has 1 heteroatoms. The zero-order valence-electron chi connectivity index (χ0n) is 18.2. The van der Waals surface area contributed by atoms with Crippen molar-refractivity contribution in [3.8, 4) is 0 Å². The molecule has 30 heavy (non-hydrogen) atoms. The lowest BCUT2D eigenvalue weighted by molar-refractivity contribution is 0.588. The fourth-order valence-electron chi connectivity index (χ4n) is 5.11. The van der Waals surface area contributed by atoms with Crippen molar-refractivity contribution in [1.29, 1.82) is 0 Å². The van der Waals surface area contributed by atoms with Gasteiger partial charge in [0.2, 0.25) is 0 Å². The molecule has 0 spiro atoms. The van der Waals surface area contributed by atoms with Gasteiger partial charge in [0.1, 0.15) is 0 Å². The van der Waals surface area contributed by atoms with Crippen LogP contribution in [0.3, 0.4) is 0 Å². The summed E-state index contributed by atoms with van der Waals surface area (Å²) in [5.41, 5.74) is 10.4. The summed E-state index contributed by atoms with van der Waals surface area (Å²) in [4.78, 5) is 0. The number of hydrogen-bond acceptors (Lipinski definition) is 1. The van der Waals surface area contributed by atoms with E-state index in [1.807, 2.05) is 0 Å². The fourth-order valence-corrected chi connectivity index (χ4v) is 5.11. The molecule has 3 aromatic carbocycles. The highest BCUT2D eigenvalue weighted by atomic mass is 14.9. The van der Waals surface area contributed by atoms with Gasteiger partial charge in [-0.05, 0) is 76.3 Å². The van der Waals surface area contributed by atoms with Crippen molar-refractivity contribution in [2.24, 2.45) is 0 Å². The topological polar surface area (TPSA) is 12.0 Å². The van der Waals surface area contributed by atoms with Crippen molar-refractivity contribution < 1.29 is 0 Å². The molecule has 1 nitrogen and oxygen atoms in total. The maximum absolute atomic E-state index is 3.54. The van der Waals surface area contributed by atoms with Gasteiger partial charge in [-0.2, -0.15) is 0 Å². The van der Waals surface area contributed by atoms with Crippen LogP contribution in [-0.4, -0.2) is 6.04 Å². The van der Waals surface area contributed by atoms with E-state index in [-0.39, 0.29) is 0 Å². The minimum atomic E-state index is 0.506. The molecule has 1 N–H and O–H groups in total. The summed E-state index contributed by atoms with van der Waals surface area (Å²) in [6.07, 6.45) is 10.5. The minimum Gasteiger partial charge on any atom is -0.310 e. The Morgan fingerprint density at radius 3 is 2.67 bits per heavy atom. The van der Waals surface area contributed by atoms with E-state index in [4.69, 9.17) is 0 Å². The molecule has 0 aliphatic heterocycles. The first-order valence-electron chi connectivity index (χ1n) is 11.4. The Balaban J connectivity index is 1.54. The van der Waals surface area contributed by atoms with Crippen LogP contribution in [0, 0.1) is 0 Å². The van der Waals surface area contributed by atoms with E-state index in [0.717, 1.165) is 13.0 Å². The zero-order valence-corrected chi connectivity index (χ0v) is 18.2. The van der Waals surface area contributed by atoms with Crippen molar-refractivity contribution in [2.75, 3.05) is 0 Å². The molecule has 0 fully saturated rings. The molecule has 152 valence electrons. The maximum Gasteiger partial charge on any atom is 0.0207 e. The van der Waals surface area contributed by atoms with Gasteiger partial charge in [0, 0.05) is 12.6 Å². The molecule has 0 saturated carbocycles. The predicted molar refractivity (Wildman–Crippen MR) is 129 cm³/mol. The summed E-state index contributed by atoms with van der Waals surface area (Å²) in [7, 11) is 0. The third-order valence-electron chi connectivity index (χ3n) is 6.58. The molecule has 3 aromatic rings. The summed E-state index contributed by atoms with van der Waals surface area (Å²) in [5.74, 6) is 0. The van der Waals surface area contributed by atoms with Gasteiger partial charge in [0.15, 0.2) is 0 Å². The second kappa shape index (κ2) is 8.24. The van der Waals surface area contributed by atoms with Crippen LogP contribution < -0.4 is 5.32 Å². The molecular formula is C29H31N. The van der Waals surface area contributed by atoms with Crippen LogP contribution in [0.2, 0.25) is 0 Å². The highest BCUT2D eigenvalue weighted by Gasteiger charge is 2.21. The van der Waals surface area contributed by atoms with Crippen LogP contribution >= 0.6 is 0 Å². The second-order valence-electron chi connectivity index (χ2n) is 9.10. The molecule has 0 saturated heterocycles. The fraction of sp³-hybridized carbons (Fsp3) is 0.310. The maximum atomic E-state index is 3.54. The molecule has 0 atom stereocenters. The smallest absolute Gasteiger partial charge is 0.0207 e. The van der Waals surface area contributed by atoms with Gasteiger partial charge in [0.05, 0.1) is 0 Å². The van der Waals surface area contributed by atoms with Crippen LogP contribution in [0.4, 0.5) is 0 Å². The van der Waals surface area contributed by atoms with E-state index in [1.165, 1.54) is 64.3 Å². The van der Waals surface area contributed by atoms with Crippen LogP contribution in [0.1, 0.15) is 60.9 Å². The summed E-state index contributed by atoms with van der Waals surface area (Å²) in [6.45, 7) is 5.33. The normalized spacial score (nSPS) is 15.6. The van der Waals surface area contributed by atoms with Crippen LogP contribution in [0.25, 0.3) is 16.3 Å². The SMILES string of the molecule is CC(C)NCc1cccc(Cc2cccc3ccc4c(c23)CCC2=C4C=CCC2)c1. The standard InChI is InChI=1S/C29H31N/c1-20(2)30-19-22-8-5-7-21(17-22)18-25-11-6-10-24-14-15-27-26-12-4-3-9-23(26)13-16-28(27)29(24)25/h4-8,10-12,14-15,17,20,30H,3,9,13,16,18-19H2,1-2H3. The third kappa shape index (κ3) is 3.75. The Labute approximate surface area is 180 Å². The molecule has 0 amide bonds. The lowest BCUT2D eigenvalue weighted by atomic mass is 9.78. The van der Waals surface area contributed by atoms with E-state index >= 15 is 0 Å². The third-order valence-corrected chi connectivity index (χ3v) is 6.58. The molecule has 5 rings (SSSR count). The van der Waals surface area contributed by atoms with E-state index in [0.29, 0.717) is 6.04 Å². The molecule has 0 aromatic heterocycles. The number of fused-ring (bicyclic) bond motifs is 4. The average Bonchev–Trinajstić information content (AvgIpc) is 2.77.